The third-order valence-corrected chi connectivity index (χ3v) is 3.40. The second-order valence-corrected chi connectivity index (χ2v) is 7.23. The Morgan fingerprint density at radius 2 is 1.76 bits per heavy atom. The molecule has 0 aliphatic carbocycles. The molecule has 0 radical (unpaired) electrons. The minimum atomic E-state index is -1.28. The summed E-state index contributed by atoms with van der Waals surface area (Å²) in [5.74, 6) is 1.85. The SMILES string of the molecule is Cc1ccc(C(C)(O)CNC(=O)Nc2ccc(OC(C)(C)C)cc2)o1. The van der Waals surface area contributed by atoms with Gasteiger partial charge in [0, 0.05) is 5.69 Å². The van der Waals surface area contributed by atoms with E-state index in [1.54, 1.807) is 50.2 Å². The zero-order valence-corrected chi connectivity index (χ0v) is 15.3. The monoisotopic (exact) mass is 346 g/mol. The van der Waals surface area contributed by atoms with Crippen LogP contribution in [0.15, 0.2) is 40.8 Å². The van der Waals surface area contributed by atoms with E-state index in [1.807, 2.05) is 20.8 Å². The Bertz CT molecular complexity index is 712. The minimum absolute atomic E-state index is 0.0248. The minimum Gasteiger partial charge on any atom is -0.488 e. The zero-order valence-electron chi connectivity index (χ0n) is 15.3. The molecule has 25 heavy (non-hydrogen) atoms. The van der Waals surface area contributed by atoms with Crippen LogP contribution in [0.1, 0.15) is 39.2 Å². The molecule has 1 aromatic carbocycles. The van der Waals surface area contributed by atoms with Crippen molar-refractivity contribution in [1.82, 2.24) is 5.32 Å². The second kappa shape index (κ2) is 7.19. The summed E-state index contributed by atoms with van der Waals surface area (Å²) in [5.41, 5.74) is -0.926. The average molecular weight is 346 g/mol. The normalized spacial score (nSPS) is 13.8. The molecule has 0 bridgehead atoms. The summed E-state index contributed by atoms with van der Waals surface area (Å²) in [6, 6.07) is 10.2. The summed E-state index contributed by atoms with van der Waals surface area (Å²) >= 11 is 0. The Labute approximate surface area is 148 Å². The molecule has 1 heterocycles. The standard InChI is InChI=1S/C19H26N2O4/c1-13-6-11-16(24-13)19(5,23)12-20-17(22)21-14-7-9-15(10-8-14)25-18(2,3)4/h6-11,23H,12H2,1-5H3,(H2,20,21,22). The summed E-state index contributed by atoms with van der Waals surface area (Å²) in [6.07, 6.45) is 0. The lowest BCUT2D eigenvalue weighted by Gasteiger charge is -2.22. The number of rotatable bonds is 5. The number of hydrogen-bond acceptors (Lipinski definition) is 4. The van der Waals surface area contributed by atoms with Crippen LogP contribution in [0.5, 0.6) is 5.75 Å². The van der Waals surface area contributed by atoms with Crippen LogP contribution in [-0.4, -0.2) is 23.3 Å². The number of aryl methyl sites for hydroxylation is 1. The number of furan rings is 1. The van der Waals surface area contributed by atoms with Crippen molar-refractivity contribution in [2.45, 2.75) is 45.8 Å². The Balaban J connectivity index is 1.88. The van der Waals surface area contributed by atoms with Gasteiger partial charge in [0.2, 0.25) is 0 Å². The zero-order chi connectivity index (χ0) is 18.7. The van der Waals surface area contributed by atoms with E-state index >= 15 is 0 Å². The lowest BCUT2D eigenvalue weighted by atomic mass is 10.0. The smallest absolute Gasteiger partial charge is 0.319 e. The molecule has 2 aromatic rings. The number of aliphatic hydroxyl groups is 1. The maximum atomic E-state index is 12.0. The molecule has 0 saturated heterocycles. The molecular formula is C19H26N2O4. The fourth-order valence-corrected chi connectivity index (χ4v) is 2.20. The third-order valence-electron chi connectivity index (χ3n) is 3.40. The van der Waals surface area contributed by atoms with Gasteiger partial charge < -0.3 is 24.9 Å². The Kier molecular flexibility index (Phi) is 5.42. The van der Waals surface area contributed by atoms with Gasteiger partial charge in [-0.2, -0.15) is 0 Å². The molecule has 0 spiro atoms. The number of carbonyl (C=O) groups excluding carboxylic acids is 1. The van der Waals surface area contributed by atoms with E-state index in [2.05, 4.69) is 10.6 Å². The van der Waals surface area contributed by atoms with Crippen LogP contribution in [-0.2, 0) is 5.60 Å². The predicted octanol–water partition coefficient (Wildman–Crippen LogP) is 3.79. The molecule has 2 amide bonds. The van der Waals surface area contributed by atoms with E-state index in [1.165, 1.54) is 0 Å². The van der Waals surface area contributed by atoms with E-state index in [9.17, 15) is 9.90 Å². The molecule has 2 rings (SSSR count). The number of ether oxygens (including phenoxy) is 1. The maximum absolute atomic E-state index is 12.0. The van der Waals surface area contributed by atoms with Gasteiger partial charge in [-0.15, -0.1) is 0 Å². The molecule has 0 aliphatic heterocycles. The highest BCUT2D eigenvalue weighted by atomic mass is 16.5. The molecule has 3 N–H and O–H groups in total. The van der Waals surface area contributed by atoms with E-state index < -0.39 is 11.6 Å². The van der Waals surface area contributed by atoms with Gasteiger partial charge in [-0.3, -0.25) is 0 Å². The fourth-order valence-electron chi connectivity index (χ4n) is 2.20. The van der Waals surface area contributed by atoms with Crippen molar-refractivity contribution in [1.29, 1.82) is 0 Å². The van der Waals surface area contributed by atoms with E-state index in [0.717, 1.165) is 5.75 Å². The fraction of sp³-hybridized carbons (Fsp3) is 0.421. The van der Waals surface area contributed by atoms with Crippen LogP contribution >= 0.6 is 0 Å². The number of amides is 2. The molecule has 1 unspecified atom stereocenters. The molecule has 6 heteroatoms. The second-order valence-electron chi connectivity index (χ2n) is 7.23. The van der Waals surface area contributed by atoms with Gasteiger partial charge >= 0.3 is 6.03 Å². The average Bonchev–Trinajstić information content (AvgIpc) is 2.93. The quantitative estimate of drug-likeness (QED) is 0.769. The first-order chi connectivity index (χ1) is 11.5. The van der Waals surface area contributed by atoms with Crippen LogP contribution in [0.4, 0.5) is 10.5 Å². The largest absolute Gasteiger partial charge is 0.488 e. The molecule has 0 fully saturated rings. The van der Waals surface area contributed by atoms with Crippen LogP contribution in [0.2, 0.25) is 0 Å². The number of benzene rings is 1. The highest BCUT2D eigenvalue weighted by Crippen LogP contribution is 2.22. The van der Waals surface area contributed by atoms with Crippen molar-refractivity contribution in [3.05, 3.63) is 47.9 Å². The van der Waals surface area contributed by atoms with Gasteiger partial charge in [0.25, 0.3) is 0 Å². The summed E-state index contributed by atoms with van der Waals surface area (Å²) in [4.78, 5) is 12.0. The van der Waals surface area contributed by atoms with Gasteiger partial charge in [0.1, 0.15) is 28.5 Å². The van der Waals surface area contributed by atoms with Gasteiger partial charge in [-0.1, -0.05) is 0 Å². The van der Waals surface area contributed by atoms with Crippen LogP contribution in [0, 0.1) is 6.92 Å². The number of anilines is 1. The van der Waals surface area contributed by atoms with Crippen molar-refractivity contribution >= 4 is 11.7 Å². The Morgan fingerprint density at radius 3 is 2.28 bits per heavy atom. The summed E-state index contributed by atoms with van der Waals surface area (Å²) in [6.45, 7) is 9.32. The highest BCUT2D eigenvalue weighted by molar-refractivity contribution is 5.89. The molecule has 0 aliphatic rings. The number of urea groups is 1. The maximum Gasteiger partial charge on any atom is 0.319 e. The molecule has 136 valence electrons. The van der Waals surface area contributed by atoms with E-state index in [-0.39, 0.29) is 12.1 Å². The molecule has 1 aromatic heterocycles. The first kappa shape index (κ1) is 18.9. The molecule has 1 atom stereocenters. The predicted molar refractivity (Wildman–Crippen MR) is 96.9 cm³/mol. The topological polar surface area (TPSA) is 83.7 Å². The highest BCUT2D eigenvalue weighted by Gasteiger charge is 2.27. The van der Waals surface area contributed by atoms with Crippen LogP contribution in [0.3, 0.4) is 0 Å². The van der Waals surface area contributed by atoms with Crippen molar-refractivity contribution in [2.24, 2.45) is 0 Å². The van der Waals surface area contributed by atoms with E-state index in [4.69, 9.17) is 9.15 Å². The molecule has 6 nitrogen and oxygen atoms in total. The van der Waals surface area contributed by atoms with Crippen LogP contribution in [0.25, 0.3) is 0 Å². The first-order valence-electron chi connectivity index (χ1n) is 8.18. The summed E-state index contributed by atoms with van der Waals surface area (Å²) < 4.78 is 11.1. The molecular weight excluding hydrogens is 320 g/mol. The number of hydrogen-bond donors (Lipinski definition) is 3. The lowest BCUT2D eigenvalue weighted by molar-refractivity contribution is 0.0364. The lowest BCUT2D eigenvalue weighted by Crippen LogP contribution is -2.40. The summed E-state index contributed by atoms with van der Waals surface area (Å²) in [5, 5.41) is 15.8. The van der Waals surface area contributed by atoms with Crippen molar-refractivity contribution in [3.8, 4) is 5.75 Å². The number of nitrogens with one attached hydrogen (secondary N) is 2. The Morgan fingerprint density at radius 1 is 1.12 bits per heavy atom. The van der Waals surface area contributed by atoms with Gasteiger partial charge in [0.05, 0.1) is 6.54 Å². The van der Waals surface area contributed by atoms with Gasteiger partial charge in [0.15, 0.2) is 0 Å². The first-order valence-corrected chi connectivity index (χ1v) is 8.18. The van der Waals surface area contributed by atoms with Crippen molar-refractivity contribution < 1.29 is 19.1 Å². The summed E-state index contributed by atoms with van der Waals surface area (Å²) in [7, 11) is 0. The van der Waals surface area contributed by atoms with Gasteiger partial charge in [-0.25, -0.2) is 4.79 Å². The van der Waals surface area contributed by atoms with Gasteiger partial charge in [-0.05, 0) is 71.0 Å². The van der Waals surface area contributed by atoms with Crippen LogP contribution < -0.4 is 15.4 Å². The Hall–Kier alpha value is -2.47. The number of carbonyl (C=O) groups is 1. The van der Waals surface area contributed by atoms with Crippen molar-refractivity contribution in [2.75, 3.05) is 11.9 Å². The van der Waals surface area contributed by atoms with Crippen molar-refractivity contribution in [3.63, 3.8) is 0 Å². The van der Waals surface area contributed by atoms with E-state index in [0.29, 0.717) is 17.2 Å². The third kappa shape index (κ3) is 5.83. The molecule has 0 saturated carbocycles.